The Hall–Kier alpha value is -1.03. The molecule has 1 aromatic heterocycles. The number of nitrogens with two attached hydrogens (primary N) is 1. The maximum atomic E-state index is 5.89. The average Bonchev–Trinajstić information content (AvgIpc) is 2.48. The molecule has 1 unspecified atom stereocenters. The zero-order chi connectivity index (χ0) is 10.8. The van der Waals surface area contributed by atoms with Crippen molar-refractivity contribution in [1.29, 1.82) is 0 Å². The zero-order valence-corrected chi connectivity index (χ0v) is 9.49. The molecule has 0 bridgehead atoms. The Labute approximate surface area is 90.4 Å². The largest absolute Gasteiger partial charge is 0.396 e. The van der Waals surface area contributed by atoms with E-state index in [9.17, 15) is 0 Å². The van der Waals surface area contributed by atoms with Gasteiger partial charge in [-0.2, -0.15) is 5.10 Å². The Morgan fingerprint density at radius 1 is 1.53 bits per heavy atom. The number of nitrogen functional groups attached to an aromatic ring is 1. The van der Waals surface area contributed by atoms with Gasteiger partial charge in [0, 0.05) is 19.1 Å². The molecular formula is C11H19N3O. The van der Waals surface area contributed by atoms with Crippen molar-refractivity contribution < 1.29 is 4.74 Å². The lowest BCUT2D eigenvalue weighted by Crippen LogP contribution is -2.23. The van der Waals surface area contributed by atoms with Gasteiger partial charge in [0.15, 0.2) is 0 Å². The molecule has 0 aliphatic carbocycles. The van der Waals surface area contributed by atoms with E-state index >= 15 is 0 Å². The summed E-state index contributed by atoms with van der Waals surface area (Å²) in [5, 5.41) is 4.44. The van der Waals surface area contributed by atoms with Crippen LogP contribution in [-0.2, 0) is 11.3 Å². The Morgan fingerprint density at radius 2 is 2.33 bits per heavy atom. The van der Waals surface area contributed by atoms with Crippen molar-refractivity contribution in [2.45, 2.75) is 33.2 Å². The number of hydrogen-bond acceptors (Lipinski definition) is 3. The molecule has 2 N–H and O–H groups in total. The minimum atomic E-state index is 0.594. The van der Waals surface area contributed by atoms with Gasteiger partial charge in [-0.1, -0.05) is 0 Å². The fourth-order valence-corrected chi connectivity index (χ4v) is 2.08. The van der Waals surface area contributed by atoms with E-state index in [-0.39, 0.29) is 0 Å². The van der Waals surface area contributed by atoms with Gasteiger partial charge in [0.05, 0.1) is 23.7 Å². The van der Waals surface area contributed by atoms with Crippen LogP contribution in [0.15, 0.2) is 0 Å². The monoisotopic (exact) mass is 209 g/mol. The van der Waals surface area contributed by atoms with Crippen LogP contribution in [0.5, 0.6) is 0 Å². The summed E-state index contributed by atoms with van der Waals surface area (Å²) in [6, 6.07) is 0. The smallest absolute Gasteiger partial charge is 0.0825 e. The summed E-state index contributed by atoms with van der Waals surface area (Å²) < 4.78 is 7.48. The van der Waals surface area contributed by atoms with Gasteiger partial charge < -0.3 is 10.5 Å². The van der Waals surface area contributed by atoms with E-state index < -0.39 is 0 Å². The molecule has 2 rings (SSSR count). The van der Waals surface area contributed by atoms with Gasteiger partial charge in [0.1, 0.15) is 0 Å². The lowest BCUT2D eigenvalue weighted by molar-refractivity contribution is 0.0467. The number of nitrogens with zero attached hydrogens (tertiary/aromatic N) is 2. The van der Waals surface area contributed by atoms with Gasteiger partial charge in [-0.25, -0.2) is 0 Å². The molecule has 15 heavy (non-hydrogen) atoms. The summed E-state index contributed by atoms with van der Waals surface area (Å²) in [5.74, 6) is 0.594. The molecule has 1 atom stereocenters. The van der Waals surface area contributed by atoms with Crippen LogP contribution < -0.4 is 5.73 Å². The second kappa shape index (κ2) is 4.23. The summed E-state index contributed by atoms with van der Waals surface area (Å²) in [6.07, 6.45) is 2.40. The average molecular weight is 209 g/mol. The number of hydrogen-bond donors (Lipinski definition) is 1. The molecule has 0 amide bonds. The van der Waals surface area contributed by atoms with Gasteiger partial charge in [-0.05, 0) is 26.7 Å². The summed E-state index contributed by atoms with van der Waals surface area (Å²) in [6.45, 7) is 6.69. The number of ether oxygens (including phenoxy) is 1. The molecule has 4 nitrogen and oxygen atoms in total. The number of aromatic nitrogens is 2. The Balaban J connectivity index is 2.06. The van der Waals surface area contributed by atoms with Crippen LogP contribution in [0.2, 0.25) is 0 Å². The predicted octanol–water partition coefficient (Wildman–Crippen LogP) is 1.51. The Bertz CT molecular complexity index is 340. The van der Waals surface area contributed by atoms with E-state index in [1.165, 1.54) is 12.8 Å². The van der Waals surface area contributed by atoms with Gasteiger partial charge in [0.25, 0.3) is 0 Å². The molecule has 1 aliphatic heterocycles. The minimum Gasteiger partial charge on any atom is -0.396 e. The summed E-state index contributed by atoms with van der Waals surface area (Å²) in [5.41, 5.74) is 8.73. The molecule has 0 saturated carbocycles. The van der Waals surface area contributed by atoms with Crippen LogP contribution >= 0.6 is 0 Å². The van der Waals surface area contributed by atoms with Crippen molar-refractivity contribution in [1.82, 2.24) is 9.78 Å². The van der Waals surface area contributed by atoms with E-state index in [0.29, 0.717) is 5.92 Å². The van der Waals surface area contributed by atoms with E-state index in [4.69, 9.17) is 10.5 Å². The SMILES string of the molecule is Cc1nn(CC2CCCOC2)c(C)c1N. The molecule has 0 aromatic carbocycles. The minimum absolute atomic E-state index is 0.594. The summed E-state index contributed by atoms with van der Waals surface area (Å²) in [4.78, 5) is 0. The fraction of sp³-hybridized carbons (Fsp3) is 0.727. The van der Waals surface area contributed by atoms with Gasteiger partial charge in [0.2, 0.25) is 0 Å². The third kappa shape index (κ3) is 2.15. The van der Waals surface area contributed by atoms with Crippen molar-refractivity contribution in [2.75, 3.05) is 18.9 Å². The molecule has 4 heteroatoms. The fourth-order valence-electron chi connectivity index (χ4n) is 2.08. The second-order valence-electron chi connectivity index (χ2n) is 4.35. The van der Waals surface area contributed by atoms with Crippen LogP contribution in [0.1, 0.15) is 24.2 Å². The standard InChI is InChI=1S/C11H19N3O/c1-8-11(12)9(2)14(13-8)6-10-4-3-5-15-7-10/h10H,3-7,12H2,1-2H3. The van der Waals surface area contributed by atoms with Crippen molar-refractivity contribution >= 4 is 5.69 Å². The Kier molecular flexibility index (Phi) is 2.95. The van der Waals surface area contributed by atoms with Crippen LogP contribution in [0.4, 0.5) is 5.69 Å². The van der Waals surface area contributed by atoms with Crippen molar-refractivity contribution in [2.24, 2.45) is 5.92 Å². The maximum Gasteiger partial charge on any atom is 0.0825 e. The lowest BCUT2D eigenvalue weighted by atomic mass is 10.0. The number of anilines is 1. The zero-order valence-electron chi connectivity index (χ0n) is 9.49. The molecule has 0 radical (unpaired) electrons. The molecule has 1 aromatic rings. The summed E-state index contributed by atoms with van der Waals surface area (Å²) in [7, 11) is 0. The molecule has 1 saturated heterocycles. The highest BCUT2D eigenvalue weighted by Crippen LogP contribution is 2.20. The van der Waals surface area contributed by atoms with Gasteiger partial charge in [-0.15, -0.1) is 0 Å². The van der Waals surface area contributed by atoms with E-state index in [2.05, 4.69) is 5.10 Å². The second-order valence-corrected chi connectivity index (χ2v) is 4.35. The molecule has 0 spiro atoms. The predicted molar refractivity (Wildman–Crippen MR) is 59.7 cm³/mol. The van der Waals surface area contributed by atoms with Crippen molar-refractivity contribution in [3.63, 3.8) is 0 Å². The van der Waals surface area contributed by atoms with E-state index in [1.54, 1.807) is 0 Å². The van der Waals surface area contributed by atoms with Gasteiger partial charge >= 0.3 is 0 Å². The first-order chi connectivity index (χ1) is 7.18. The lowest BCUT2D eigenvalue weighted by Gasteiger charge is -2.22. The normalized spacial score (nSPS) is 21.9. The molecular weight excluding hydrogens is 190 g/mol. The van der Waals surface area contributed by atoms with Crippen molar-refractivity contribution in [3.05, 3.63) is 11.4 Å². The molecule has 1 aliphatic rings. The highest BCUT2D eigenvalue weighted by molar-refractivity contribution is 5.46. The molecule has 2 heterocycles. The molecule has 84 valence electrons. The van der Waals surface area contributed by atoms with E-state index in [1.807, 2.05) is 18.5 Å². The maximum absolute atomic E-state index is 5.89. The first-order valence-electron chi connectivity index (χ1n) is 5.55. The van der Waals surface area contributed by atoms with Crippen LogP contribution in [0.25, 0.3) is 0 Å². The topological polar surface area (TPSA) is 53.1 Å². The highest BCUT2D eigenvalue weighted by Gasteiger charge is 2.17. The first-order valence-corrected chi connectivity index (χ1v) is 5.55. The van der Waals surface area contributed by atoms with Crippen molar-refractivity contribution in [3.8, 4) is 0 Å². The van der Waals surface area contributed by atoms with E-state index in [0.717, 1.165) is 36.8 Å². The summed E-state index contributed by atoms with van der Waals surface area (Å²) >= 11 is 0. The third-order valence-corrected chi connectivity index (χ3v) is 3.12. The first kappa shape index (κ1) is 10.5. The number of rotatable bonds is 2. The van der Waals surface area contributed by atoms with Crippen LogP contribution in [0.3, 0.4) is 0 Å². The van der Waals surface area contributed by atoms with Crippen LogP contribution in [-0.4, -0.2) is 23.0 Å². The Morgan fingerprint density at radius 3 is 2.87 bits per heavy atom. The van der Waals surface area contributed by atoms with Gasteiger partial charge in [-0.3, -0.25) is 4.68 Å². The quantitative estimate of drug-likeness (QED) is 0.803. The third-order valence-electron chi connectivity index (χ3n) is 3.12. The highest BCUT2D eigenvalue weighted by atomic mass is 16.5. The molecule has 1 fully saturated rings. The number of aryl methyl sites for hydroxylation is 1. The van der Waals surface area contributed by atoms with Crippen LogP contribution in [0, 0.1) is 19.8 Å².